The largest absolute Gasteiger partial charge is 0.424 e. The molecule has 0 bridgehead atoms. The summed E-state index contributed by atoms with van der Waals surface area (Å²) in [5.41, 5.74) is 3.25. The van der Waals surface area contributed by atoms with Crippen molar-refractivity contribution in [3.63, 3.8) is 0 Å². The summed E-state index contributed by atoms with van der Waals surface area (Å²) >= 11 is 0. The van der Waals surface area contributed by atoms with Crippen LogP contribution in [0, 0.1) is 5.92 Å². The summed E-state index contributed by atoms with van der Waals surface area (Å²) in [7, 11) is 0. The molecule has 0 radical (unpaired) electrons. The highest BCUT2D eigenvalue weighted by atomic mass is 16.4. The van der Waals surface area contributed by atoms with E-state index in [4.69, 9.17) is 4.42 Å². The topological polar surface area (TPSA) is 50.1 Å². The van der Waals surface area contributed by atoms with Crippen molar-refractivity contribution in [3.05, 3.63) is 23.8 Å². The van der Waals surface area contributed by atoms with E-state index in [9.17, 15) is 0 Å². The van der Waals surface area contributed by atoms with Crippen LogP contribution in [0.25, 0.3) is 11.1 Å². The van der Waals surface area contributed by atoms with Crippen LogP contribution in [-0.2, 0) is 6.42 Å². The van der Waals surface area contributed by atoms with Crippen molar-refractivity contribution in [2.75, 3.05) is 25.0 Å². The smallest absolute Gasteiger partial charge is 0.295 e. The quantitative estimate of drug-likeness (QED) is 0.455. The van der Waals surface area contributed by atoms with Crippen LogP contribution in [0.1, 0.15) is 76.7 Å². The summed E-state index contributed by atoms with van der Waals surface area (Å²) in [4.78, 5) is 4.65. The molecule has 0 saturated carbocycles. The van der Waals surface area contributed by atoms with Crippen LogP contribution in [0.4, 0.5) is 6.01 Å². The third kappa shape index (κ3) is 6.84. The van der Waals surface area contributed by atoms with Crippen molar-refractivity contribution in [1.29, 1.82) is 0 Å². The first-order valence-electron chi connectivity index (χ1n) is 11.2. The predicted octanol–water partition coefficient (Wildman–Crippen LogP) is 5.92. The summed E-state index contributed by atoms with van der Waals surface area (Å²) in [6, 6.07) is 7.15. The highest BCUT2D eigenvalue weighted by Crippen LogP contribution is 2.22. The van der Waals surface area contributed by atoms with Crippen LogP contribution in [-0.4, -0.2) is 24.6 Å². The fourth-order valence-corrected chi connectivity index (χ4v) is 4.00. The number of anilines is 1. The van der Waals surface area contributed by atoms with E-state index in [1.807, 2.05) is 0 Å². The number of hydrogen-bond acceptors (Lipinski definition) is 4. The lowest BCUT2D eigenvalue weighted by molar-refractivity contribution is 0.390. The van der Waals surface area contributed by atoms with Gasteiger partial charge in [-0.2, -0.15) is 4.98 Å². The van der Waals surface area contributed by atoms with Crippen molar-refractivity contribution in [2.45, 2.75) is 77.6 Å². The molecule has 27 heavy (non-hydrogen) atoms. The lowest BCUT2D eigenvalue weighted by Gasteiger charge is -2.22. The highest BCUT2D eigenvalue weighted by Gasteiger charge is 2.14. The average Bonchev–Trinajstić information content (AvgIpc) is 3.11. The number of rotatable bonds is 12. The molecule has 1 aliphatic rings. The molecular formula is C23H37N3O. The first-order chi connectivity index (χ1) is 13.3. The molecule has 1 saturated heterocycles. The maximum absolute atomic E-state index is 5.86. The molecule has 2 aromatic rings. The second kappa shape index (κ2) is 11.3. The lowest BCUT2D eigenvalue weighted by Crippen LogP contribution is -2.33. The minimum absolute atomic E-state index is 0.666. The van der Waals surface area contributed by atoms with Crippen molar-refractivity contribution in [3.8, 4) is 0 Å². The van der Waals surface area contributed by atoms with Crippen LogP contribution < -0.4 is 10.6 Å². The molecule has 4 nitrogen and oxygen atoms in total. The fourth-order valence-electron chi connectivity index (χ4n) is 4.00. The Morgan fingerprint density at radius 1 is 1.11 bits per heavy atom. The molecule has 0 spiro atoms. The number of oxazole rings is 1. The van der Waals surface area contributed by atoms with Crippen LogP contribution >= 0.6 is 0 Å². The normalized spacial score (nSPS) is 17.4. The van der Waals surface area contributed by atoms with Gasteiger partial charge in [0.1, 0.15) is 5.52 Å². The van der Waals surface area contributed by atoms with Gasteiger partial charge in [0.2, 0.25) is 0 Å². The first kappa shape index (κ1) is 20.2. The number of nitrogens with zero attached hydrogens (tertiary/aromatic N) is 1. The molecule has 3 rings (SSSR count). The van der Waals surface area contributed by atoms with E-state index in [1.54, 1.807) is 0 Å². The van der Waals surface area contributed by atoms with Crippen molar-refractivity contribution in [2.24, 2.45) is 5.92 Å². The van der Waals surface area contributed by atoms with E-state index in [-0.39, 0.29) is 0 Å². The summed E-state index contributed by atoms with van der Waals surface area (Å²) in [5, 5.41) is 6.84. The van der Waals surface area contributed by atoms with E-state index < -0.39 is 0 Å². The van der Waals surface area contributed by atoms with Gasteiger partial charge in [-0.3, -0.25) is 0 Å². The van der Waals surface area contributed by atoms with Gasteiger partial charge in [-0.1, -0.05) is 57.9 Å². The molecule has 1 aromatic heterocycles. The molecular weight excluding hydrogens is 334 g/mol. The van der Waals surface area contributed by atoms with Crippen molar-refractivity contribution < 1.29 is 4.42 Å². The van der Waals surface area contributed by atoms with Crippen LogP contribution in [0.2, 0.25) is 0 Å². The van der Waals surface area contributed by atoms with Gasteiger partial charge in [0.25, 0.3) is 6.01 Å². The van der Waals surface area contributed by atoms with Gasteiger partial charge in [-0.05, 0) is 62.4 Å². The Hall–Kier alpha value is -1.55. The van der Waals surface area contributed by atoms with Gasteiger partial charge in [0.05, 0.1) is 0 Å². The molecule has 0 unspecified atom stereocenters. The van der Waals surface area contributed by atoms with Crippen LogP contribution in [0.3, 0.4) is 0 Å². The molecule has 2 N–H and O–H groups in total. The molecule has 150 valence electrons. The maximum Gasteiger partial charge on any atom is 0.295 e. The van der Waals surface area contributed by atoms with Crippen LogP contribution in [0.15, 0.2) is 22.6 Å². The summed E-state index contributed by atoms with van der Waals surface area (Å²) < 4.78 is 5.86. The lowest BCUT2D eigenvalue weighted by atomic mass is 10.00. The molecule has 1 aromatic carbocycles. The molecule has 1 fully saturated rings. The Morgan fingerprint density at radius 2 is 1.93 bits per heavy atom. The Balaban J connectivity index is 1.39. The van der Waals surface area contributed by atoms with Crippen molar-refractivity contribution in [1.82, 2.24) is 10.3 Å². The number of piperidine rings is 1. The number of aryl methyl sites for hydroxylation is 1. The van der Waals surface area contributed by atoms with Gasteiger partial charge in [-0.15, -0.1) is 0 Å². The summed E-state index contributed by atoms with van der Waals surface area (Å²) in [5.74, 6) is 0.672. The second-order valence-corrected chi connectivity index (χ2v) is 8.14. The molecule has 4 heteroatoms. The first-order valence-corrected chi connectivity index (χ1v) is 11.2. The molecule has 1 aliphatic heterocycles. The number of unbranched alkanes of at least 4 members (excludes halogenated alkanes) is 7. The Morgan fingerprint density at radius 3 is 2.70 bits per heavy atom. The zero-order valence-corrected chi connectivity index (χ0v) is 17.1. The van der Waals surface area contributed by atoms with E-state index >= 15 is 0 Å². The van der Waals surface area contributed by atoms with Crippen LogP contribution in [0.5, 0.6) is 0 Å². The number of aromatic nitrogens is 1. The standard InChI is InChI=1S/C23H37N3O/c1-2-3-4-5-6-7-8-9-11-19-13-14-22-21(16-19)26-23(27-22)25-18-20-12-10-15-24-17-20/h13-14,16,20,24H,2-12,15,17-18H2,1H3,(H,25,26)/t20-/m1/s1. The number of hydrogen-bond donors (Lipinski definition) is 2. The SMILES string of the molecule is CCCCCCCCCCc1ccc2oc(NC[C@@H]3CCCNC3)nc2c1. The monoisotopic (exact) mass is 371 g/mol. The molecule has 2 heterocycles. The molecule has 1 atom stereocenters. The average molecular weight is 372 g/mol. The van der Waals surface area contributed by atoms with E-state index in [0.29, 0.717) is 11.9 Å². The molecule has 0 amide bonds. The number of benzene rings is 1. The summed E-state index contributed by atoms with van der Waals surface area (Å²) in [6.45, 7) is 5.46. The maximum atomic E-state index is 5.86. The van der Waals surface area contributed by atoms with Gasteiger partial charge < -0.3 is 15.1 Å². The Kier molecular flexibility index (Phi) is 8.47. The van der Waals surface area contributed by atoms with E-state index in [2.05, 4.69) is 40.7 Å². The van der Waals surface area contributed by atoms with Gasteiger partial charge in [-0.25, -0.2) is 0 Å². The Bertz CT molecular complexity index is 661. The number of nitrogens with one attached hydrogen (secondary N) is 2. The zero-order chi connectivity index (χ0) is 18.7. The predicted molar refractivity (Wildman–Crippen MR) is 114 cm³/mol. The van der Waals surface area contributed by atoms with Gasteiger partial charge in [0.15, 0.2) is 5.58 Å². The minimum Gasteiger partial charge on any atom is -0.424 e. The fraction of sp³-hybridized carbons (Fsp3) is 0.696. The Labute approximate surface area is 164 Å². The second-order valence-electron chi connectivity index (χ2n) is 8.14. The third-order valence-corrected chi connectivity index (χ3v) is 5.71. The van der Waals surface area contributed by atoms with E-state index in [1.165, 1.54) is 69.8 Å². The minimum atomic E-state index is 0.666. The van der Waals surface area contributed by atoms with Gasteiger partial charge in [0, 0.05) is 6.54 Å². The molecule has 0 aliphatic carbocycles. The number of fused-ring (bicyclic) bond motifs is 1. The summed E-state index contributed by atoms with van der Waals surface area (Å²) in [6.07, 6.45) is 14.6. The highest BCUT2D eigenvalue weighted by molar-refractivity contribution is 5.75. The van der Waals surface area contributed by atoms with Gasteiger partial charge >= 0.3 is 0 Å². The van der Waals surface area contributed by atoms with Crippen molar-refractivity contribution >= 4 is 17.1 Å². The zero-order valence-electron chi connectivity index (χ0n) is 17.1. The van der Waals surface area contributed by atoms with E-state index in [0.717, 1.165) is 37.2 Å². The third-order valence-electron chi connectivity index (χ3n) is 5.71.